The molecule has 0 aliphatic heterocycles. The van der Waals surface area contributed by atoms with Crippen LogP contribution in [0.15, 0.2) is 23.1 Å². The van der Waals surface area contributed by atoms with E-state index in [4.69, 9.17) is 5.73 Å². The minimum Gasteiger partial charge on any atom is -0.331 e. The molecular weight excluding hydrogens is 274 g/mol. The summed E-state index contributed by atoms with van der Waals surface area (Å²) >= 11 is 0. The van der Waals surface area contributed by atoms with Gasteiger partial charge < -0.3 is 10.3 Å². The summed E-state index contributed by atoms with van der Waals surface area (Å²) in [6, 6.07) is 5.44. The van der Waals surface area contributed by atoms with E-state index in [1.54, 1.807) is 12.1 Å². The Balaban J connectivity index is 2.42. The Morgan fingerprint density at radius 2 is 2.10 bits per heavy atom. The number of imidazole rings is 1. The molecule has 5 nitrogen and oxygen atoms in total. The SMILES string of the molecule is CC(N)CCCc1nc2c(S(C)(=O)=O)cccc2n1C. The Bertz CT molecular complexity index is 717. The Kier molecular flexibility index (Phi) is 4.15. The quantitative estimate of drug-likeness (QED) is 0.909. The number of nitrogens with two attached hydrogens (primary N) is 1. The average molecular weight is 295 g/mol. The Morgan fingerprint density at radius 1 is 1.40 bits per heavy atom. The van der Waals surface area contributed by atoms with Crippen LogP contribution in [0.1, 0.15) is 25.6 Å². The molecule has 1 heterocycles. The molecule has 0 aliphatic rings. The number of hydrogen-bond donors (Lipinski definition) is 1. The highest BCUT2D eigenvalue weighted by Crippen LogP contribution is 2.23. The van der Waals surface area contributed by atoms with Gasteiger partial charge in [-0.25, -0.2) is 13.4 Å². The van der Waals surface area contributed by atoms with Gasteiger partial charge in [-0.2, -0.15) is 0 Å². The number of fused-ring (bicyclic) bond motifs is 1. The van der Waals surface area contributed by atoms with Crippen molar-refractivity contribution in [2.45, 2.75) is 37.1 Å². The smallest absolute Gasteiger partial charge is 0.177 e. The molecule has 1 unspecified atom stereocenters. The number of nitrogens with zero attached hydrogens (tertiary/aromatic N) is 2. The van der Waals surface area contributed by atoms with Crippen molar-refractivity contribution in [3.63, 3.8) is 0 Å². The van der Waals surface area contributed by atoms with Crippen molar-refractivity contribution in [2.75, 3.05) is 6.26 Å². The van der Waals surface area contributed by atoms with Crippen LogP contribution in [0.2, 0.25) is 0 Å². The highest BCUT2D eigenvalue weighted by atomic mass is 32.2. The number of sulfone groups is 1. The first-order valence-electron chi connectivity index (χ1n) is 6.70. The molecule has 20 heavy (non-hydrogen) atoms. The predicted molar refractivity (Wildman–Crippen MR) is 80.4 cm³/mol. The van der Waals surface area contributed by atoms with Gasteiger partial charge >= 0.3 is 0 Å². The number of hydrogen-bond acceptors (Lipinski definition) is 4. The lowest BCUT2D eigenvalue weighted by Crippen LogP contribution is -2.14. The summed E-state index contributed by atoms with van der Waals surface area (Å²) < 4.78 is 25.6. The maximum atomic E-state index is 11.8. The van der Waals surface area contributed by atoms with Crippen molar-refractivity contribution in [1.82, 2.24) is 9.55 Å². The largest absolute Gasteiger partial charge is 0.331 e. The summed E-state index contributed by atoms with van der Waals surface area (Å²) in [4.78, 5) is 4.81. The molecule has 0 aliphatic carbocycles. The van der Waals surface area contributed by atoms with Crippen LogP contribution in [0.5, 0.6) is 0 Å². The molecule has 1 atom stereocenters. The van der Waals surface area contributed by atoms with Gasteiger partial charge in [0.2, 0.25) is 0 Å². The van der Waals surface area contributed by atoms with E-state index < -0.39 is 9.84 Å². The third-order valence-corrected chi connectivity index (χ3v) is 4.55. The minimum atomic E-state index is -3.26. The van der Waals surface area contributed by atoms with Crippen LogP contribution in [-0.2, 0) is 23.3 Å². The first-order chi connectivity index (χ1) is 9.30. The third kappa shape index (κ3) is 3.02. The molecule has 110 valence electrons. The average Bonchev–Trinajstić information content (AvgIpc) is 2.65. The highest BCUT2D eigenvalue weighted by molar-refractivity contribution is 7.91. The van der Waals surface area contributed by atoms with Crippen LogP contribution in [0.4, 0.5) is 0 Å². The summed E-state index contributed by atoms with van der Waals surface area (Å²) in [6.07, 6.45) is 3.90. The fourth-order valence-electron chi connectivity index (χ4n) is 2.34. The summed E-state index contributed by atoms with van der Waals surface area (Å²) in [5.74, 6) is 0.900. The molecule has 1 aromatic carbocycles. The van der Waals surface area contributed by atoms with E-state index in [1.807, 2.05) is 24.6 Å². The Labute approximate surface area is 119 Å². The van der Waals surface area contributed by atoms with Crippen LogP contribution in [0, 0.1) is 0 Å². The zero-order chi connectivity index (χ0) is 14.9. The topological polar surface area (TPSA) is 78.0 Å². The van der Waals surface area contributed by atoms with E-state index in [1.165, 1.54) is 6.26 Å². The molecule has 0 bridgehead atoms. The highest BCUT2D eigenvalue weighted by Gasteiger charge is 2.17. The lowest BCUT2D eigenvalue weighted by atomic mass is 10.1. The van der Waals surface area contributed by atoms with Gasteiger partial charge in [-0.1, -0.05) is 6.07 Å². The molecule has 0 radical (unpaired) electrons. The van der Waals surface area contributed by atoms with E-state index in [0.717, 1.165) is 30.6 Å². The molecule has 1 aromatic heterocycles. The second kappa shape index (κ2) is 5.54. The predicted octanol–water partition coefficient (Wildman–Crippen LogP) is 1.65. The van der Waals surface area contributed by atoms with Gasteiger partial charge in [-0.3, -0.25) is 0 Å². The minimum absolute atomic E-state index is 0.177. The van der Waals surface area contributed by atoms with E-state index in [-0.39, 0.29) is 6.04 Å². The van der Waals surface area contributed by atoms with Crippen molar-refractivity contribution in [3.8, 4) is 0 Å². The van der Waals surface area contributed by atoms with Gasteiger partial charge in [0.15, 0.2) is 9.84 Å². The van der Waals surface area contributed by atoms with Crippen molar-refractivity contribution < 1.29 is 8.42 Å². The molecule has 2 aromatic rings. The molecule has 6 heteroatoms. The standard InChI is InChI=1S/C14H21N3O2S/c1-10(15)6-4-9-13-16-14-11(17(13)2)7-5-8-12(14)20(3,18)19/h5,7-8,10H,4,6,9,15H2,1-3H3. The molecule has 0 saturated heterocycles. The Morgan fingerprint density at radius 3 is 2.70 bits per heavy atom. The van der Waals surface area contributed by atoms with Crippen molar-refractivity contribution >= 4 is 20.9 Å². The molecule has 0 saturated carbocycles. The summed E-state index contributed by atoms with van der Waals surface area (Å²) in [5, 5.41) is 0. The van der Waals surface area contributed by atoms with Crippen LogP contribution in [0.25, 0.3) is 11.0 Å². The fraction of sp³-hybridized carbons (Fsp3) is 0.500. The van der Waals surface area contributed by atoms with E-state index in [0.29, 0.717) is 10.4 Å². The van der Waals surface area contributed by atoms with Crippen LogP contribution in [-0.4, -0.2) is 30.3 Å². The van der Waals surface area contributed by atoms with E-state index in [9.17, 15) is 8.42 Å². The normalized spacial score (nSPS) is 13.8. The van der Waals surface area contributed by atoms with Gasteiger partial charge in [0.1, 0.15) is 11.3 Å². The maximum absolute atomic E-state index is 11.8. The van der Waals surface area contributed by atoms with E-state index in [2.05, 4.69) is 4.98 Å². The summed E-state index contributed by atoms with van der Waals surface area (Å²) in [6.45, 7) is 1.98. The summed E-state index contributed by atoms with van der Waals surface area (Å²) in [7, 11) is -1.34. The van der Waals surface area contributed by atoms with Crippen LogP contribution >= 0.6 is 0 Å². The molecule has 0 spiro atoms. The third-order valence-electron chi connectivity index (χ3n) is 3.43. The zero-order valence-electron chi connectivity index (χ0n) is 12.1. The molecule has 0 fully saturated rings. The molecule has 2 rings (SSSR count). The molecular formula is C14H21N3O2S. The molecule has 0 amide bonds. The zero-order valence-corrected chi connectivity index (χ0v) is 12.9. The maximum Gasteiger partial charge on any atom is 0.177 e. The van der Waals surface area contributed by atoms with E-state index >= 15 is 0 Å². The lowest BCUT2D eigenvalue weighted by Gasteiger charge is -2.04. The van der Waals surface area contributed by atoms with Gasteiger partial charge in [-0.05, 0) is 31.9 Å². The number of rotatable bonds is 5. The summed E-state index contributed by atoms with van der Waals surface area (Å²) in [5.41, 5.74) is 7.16. The van der Waals surface area contributed by atoms with Gasteiger partial charge in [0.25, 0.3) is 0 Å². The Hall–Kier alpha value is -1.40. The van der Waals surface area contributed by atoms with Crippen LogP contribution in [0.3, 0.4) is 0 Å². The van der Waals surface area contributed by atoms with Crippen molar-refractivity contribution in [3.05, 3.63) is 24.0 Å². The second-order valence-electron chi connectivity index (χ2n) is 5.35. The number of aryl methyl sites for hydroxylation is 2. The lowest BCUT2D eigenvalue weighted by molar-refractivity contribution is 0.602. The van der Waals surface area contributed by atoms with Gasteiger partial charge in [0.05, 0.1) is 10.4 Å². The monoisotopic (exact) mass is 295 g/mol. The number of benzene rings is 1. The number of aromatic nitrogens is 2. The second-order valence-corrected chi connectivity index (χ2v) is 7.34. The molecule has 2 N–H and O–H groups in total. The van der Waals surface area contributed by atoms with Gasteiger partial charge in [-0.15, -0.1) is 0 Å². The van der Waals surface area contributed by atoms with Crippen molar-refractivity contribution in [1.29, 1.82) is 0 Å². The van der Waals surface area contributed by atoms with Gasteiger partial charge in [0, 0.05) is 25.8 Å². The number of para-hydroxylation sites is 1. The fourth-order valence-corrected chi connectivity index (χ4v) is 3.17. The first-order valence-corrected chi connectivity index (χ1v) is 8.60. The van der Waals surface area contributed by atoms with Crippen LogP contribution < -0.4 is 5.73 Å². The first kappa shape index (κ1) is 15.0. The van der Waals surface area contributed by atoms with Crippen molar-refractivity contribution in [2.24, 2.45) is 12.8 Å².